The van der Waals surface area contributed by atoms with Gasteiger partial charge in [-0.2, -0.15) is 15.0 Å². The van der Waals surface area contributed by atoms with E-state index in [0.717, 1.165) is 6.07 Å². The van der Waals surface area contributed by atoms with Crippen LogP contribution in [-0.4, -0.2) is 21.3 Å². The van der Waals surface area contributed by atoms with Crippen LogP contribution in [0.15, 0.2) is 30.6 Å². The van der Waals surface area contributed by atoms with E-state index >= 15 is 0 Å². The summed E-state index contributed by atoms with van der Waals surface area (Å²) in [4.78, 5) is 11.9. The van der Waals surface area contributed by atoms with Gasteiger partial charge >= 0.3 is 0 Å². The lowest BCUT2D eigenvalue weighted by molar-refractivity contribution is 0.112. The third kappa shape index (κ3) is 1.39. The predicted octanol–water partition coefficient (Wildman–Crippen LogP) is 1.22. The van der Waals surface area contributed by atoms with Crippen LogP contribution in [0.3, 0.4) is 0 Å². The van der Waals surface area contributed by atoms with Crippen LogP contribution in [0, 0.1) is 5.82 Å². The van der Waals surface area contributed by atoms with Crippen molar-refractivity contribution in [2.24, 2.45) is 0 Å². The maximum absolute atomic E-state index is 12.8. The summed E-state index contributed by atoms with van der Waals surface area (Å²) in [6.45, 7) is 0. The van der Waals surface area contributed by atoms with E-state index in [1.165, 1.54) is 29.3 Å². The fourth-order valence-corrected chi connectivity index (χ4v) is 1.14. The van der Waals surface area contributed by atoms with Gasteiger partial charge in [-0.1, -0.05) is 0 Å². The van der Waals surface area contributed by atoms with Crippen molar-refractivity contribution in [3.63, 3.8) is 0 Å². The molecule has 1 aromatic heterocycles. The molecular formula is C9H6FN3O. The number of halogens is 1. The van der Waals surface area contributed by atoms with E-state index in [4.69, 9.17) is 0 Å². The Morgan fingerprint density at radius 1 is 1.29 bits per heavy atom. The van der Waals surface area contributed by atoms with Crippen molar-refractivity contribution in [1.29, 1.82) is 0 Å². The van der Waals surface area contributed by atoms with Crippen LogP contribution in [-0.2, 0) is 0 Å². The maximum Gasteiger partial charge on any atom is 0.152 e. The molecule has 0 aliphatic heterocycles. The van der Waals surface area contributed by atoms with Gasteiger partial charge in [0.2, 0.25) is 0 Å². The summed E-state index contributed by atoms with van der Waals surface area (Å²) in [5.74, 6) is -0.456. The molecule has 70 valence electrons. The second kappa shape index (κ2) is 3.37. The van der Waals surface area contributed by atoms with Crippen molar-refractivity contribution >= 4 is 6.29 Å². The Hall–Kier alpha value is -2.04. The van der Waals surface area contributed by atoms with Crippen LogP contribution in [0.5, 0.6) is 0 Å². The van der Waals surface area contributed by atoms with E-state index in [2.05, 4.69) is 10.2 Å². The largest absolute Gasteiger partial charge is 0.298 e. The zero-order chi connectivity index (χ0) is 9.97. The molecule has 0 saturated carbocycles. The van der Waals surface area contributed by atoms with Gasteiger partial charge < -0.3 is 0 Å². The van der Waals surface area contributed by atoms with E-state index < -0.39 is 5.82 Å². The number of rotatable bonds is 2. The summed E-state index contributed by atoms with van der Waals surface area (Å²) in [5, 5.41) is 7.70. The van der Waals surface area contributed by atoms with Crippen LogP contribution in [0.1, 0.15) is 10.4 Å². The highest BCUT2D eigenvalue weighted by Gasteiger charge is 2.05. The third-order valence-corrected chi connectivity index (χ3v) is 1.75. The van der Waals surface area contributed by atoms with Gasteiger partial charge in [0.25, 0.3) is 0 Å². The lowest BCUT2D eigenvalue weighted by atomic mass is 10.2. The average Bonchev–Trinajstić information content (AvgIpc) is 2.70. The SMILES string of the molecule is O=Cc1cc(F)ccc1-n1nccn1. The summed E-state index contributed by atoms with van der Waals surface area (Å²) in [5.41, 5.74) is 0.688. The summed E-state index contributed by atoms with van der Waals surface area (Å²) in [6, 6.07) is 3.86. The van der Waals surface area contributed by atoms with E-state index in [1.807, 2.05) is 0 Å². The van der Waals surface area contributed by atoms with E-state index in [0.29, 0.717) is 12.0 Å². The van der Waals surface area contributed by atoms with Crippen LogP contribution in [0.4, 0.5) is 4.39 Å². The number of benzene rings is 1. The molecule has 1 aromatic carbocycles. The molecule has 2 rings (SSSR count). The topological polar surface area (TPSA) is 47.8 Å². The zero-order valence-corrected chi connectivity index (χ0v) is 7.09. The molecule has 1 heterocycles. The summed E-state index contributed by atoms with van der Waals surface area (Å²) < 4.78 is 12.8. The van der Waals surface area contributed by atoms with Crippen molar-refractivity contribution in [2.45, 2.75) is 0 Å². The molecule has 0 unspecified atom stereocenters. The van der Waals surface area contributed by atoms with Crippen molar-refractivity contribution in [3.05, 3.63) is 42.0 Å². The molecule has 4 nitrogen and oxygen atoms in total. The summed E-state index contributed by atoms with van der Waals surface area (Å²) >= 11 is 0. The minimum Gasteiger partial charge on any atom is -0.298 e. The second-order valence-corrected chi connectivity index (χ2v) is 2.64. The Bertz CT molecular complexity index is 453. The molecule has 0 amide bonds. The lowest BCUT2D eigenvalue weighted by Gasteiger charge is -2.02. The van der Waals surface area contributed by atoms with Crippen LogP contribution in [0.2, 0.25) is 0 Å². The standard InChI is InChI=1S/C9H6FN3O/c10-8-1-2-9(7(5-8)6-14)13-11-3-4-12-13/h1-6H. The number of hydrogen-bond donors (Lipinski definition) is 0. The summed E-state index contributed by atoms with van der Waals surface area (Å²) in [6.07, 6.45) is 3.54. The monoisotopic (exact) mass is 191 g/mol. The highest BCUT2D eigenvalue weighted by molar-refractivity contribution is 5.80. The highest BCUT2D eigenvalue weighted by atomic mass is 19.1. The fourth-order valence-electron chi connectivity index (χ4n) is 1.14. The van der Waals surface area contributed by atoms with Gasteiger partial charge in [-0.25, -0.2) is 4.39 Å². The van der Waals surface area contributed by atoms with Crippen molar-refractivity contribution in [2.75, 3.05) is 0 Å². The first kappa shape index (κ1) is 8.55. The number of carbonyl (C=O) groups excluding carboxylic acids is 1. The molecule has 5 heteroatoms. The first-order valence-corrected chi connectivity index (χ1v) is 3.92. The minimum atomic E-state index is -0.456. The Balaban J connectivity index is 2.58. The Morgan fingerprint density at radius 3 is 2.64 bits per heavy atom. The van der Waals surface area contributed by atoms with Gasteiger partial charge in [-0.05, 0) is 18.2 Å². The first-order chi connectivity index (χ1) is 6.81. The molecule has 0 aliphatic rings. The molecular weight excluding hydrogens is 185 g/mol. The zero-order valence-electron chi connectivity index (χ0n) is 7.09. The fraction of sp³-hybridized carbons (Fsp3) is 0. The van der Waals surface area contributed by atoms with Gasteiger partial charge in [0, 0.05) is 5.56 Å². The number of hydrogen-bond acceptors (Lipinski definition) is 3. The van der Waals surface area contributed by atoms with Crippen molar-refractivity contribution < 1.29 is 9.18 Å². The van der Waals surface area contributed by atoms with E-state index in [9.17, 15) is 9.18 Å². The molecule has 0 bridgehead atoms. The average molecular weight is 191 g/mol. The summed E-state index contributed by atoms with van der Waals surface area (Å²) in [7, 11) is 0. The number of aromatic nitrogens is 3. The molecule has 2 aromatic rings. The van der Waals surface area contributed by atoms with Gasteiger partial charge in [-0.3, -0.25) is 4.79 Å². The van der Waals surface area contributed by atoms with Crippen LogP contribution in [0.25, 0.3) is 5.69 Å². The third-order valence-electron chi connectivity index (χ3n) is 1.75. The van der Waals surface area contributed by atoms with Gasteiger partial charge in [0.1, 0.15) is 5.82 Å². The maximum atomic E-state index is 12.8. The molecule has 0 fully saturated rings. The molecule has 0 aliphatic carbocycles. The molecule has 0 saturated heterocycles. The molecule has 14 heavy (non-hydrogen) atoms. The molecule has 0 N–H and O–H groups in total. The second-order valence-electron chi connectivity index (χ2n) is 2.64. The Morgan fingerprint density at radius 2 is 2.00 bits per heavy atom. The van der Waals surface area contributed by atoms with Gasteiger partial charge in [0.15, 0.2) is 6.29 Å². The Labute approximate surface area is 79.0 Å². The van der Waals surface area contributed by atoms with E-state index in [1.54, 1.807) is 0 Å². The van der Waals surface area contributed by atoms with Gasteiger partial charge in [0.05, 0.1) is 18.1 Å². The predicted molar refractivity (Wildman–Crippen MR) is 46.7 cm³/mol. The minimum absolute atomic E-state index is 0.223. The molecule has 0 radical (unpaired) electrons. The van der Waals surface area contributed by atoms with E-state index in [-0.39, 0.29) is 5.56 Å². The van der Waals surface area contributed by atoms with Gasteiger partial charge in [-0.15, -0.1) is 0 Å². The smallest absolute Gasteiger partial charge is 0.152 e. The highest BCUT2D eigenvalue weighted by Crippen LogP contribution is 2.11. The quantitative estimate of drug-likeness (QED) is 0.670. The molecule has 0 spiro atoms. The first-order valence-electron chi connectivity index (χ1n) is 3.92. The van der Waals surface area contributed by atoms with Crippen LogP contribution < -0.4 is 0 Å². The Kier molecular flexibility index (Phi) is 2.06. The van der Waals surface area contributed by atoms with Crippen molar-refractivity contribution in [3.8, 4) is 5.69 Å². The lowest BCUT2D eigenvalue weighted by Crippen LogP contribution is -2.02. The number of carbonyl (C=O) groups is 1. The normalized spacial score (nSPS) is 10.1. The van der Waals surface area contributed by atoms with Crippen LogP contribution >= 0.6 is 0 Å². The number of aldehydes is 1. The number of nitrogens with zero attached hydrogens (tertiary/aromatic N) is 3. The molecule has 0 atom stereocenters. The van der Waals surface area contributed by atoms with Crippen molar-refractivity contribution in [1.82, 2.24) is 15.0 Å².